The number of hydrogen-bond donors (Lipinski definition) is 1. The van der Waals surface area contributed by atoms with Crippen LogP contribution >= 0.6 is 0 Å². The van der Waals surface area contributed by atoms with Gasteiger partial charge in [-0.15, -0.1) is 0 Å². The minimum atomic E-state index is -0.775. The van der Waals surface area contributed by atoms with Crippen LogP contribution in [0.3, 0.4) is 0 Å². The fourth-order valence-electron chi connectivity index (χ4n) is 2.30. The number of carbonyl (C=O) groups is 1. The summed E-state index contributed by atoms with van der Waals surface area (Å²) in [5, 5.41) is 8.92. The third kappa shape index (κ3) is 3.56. The Kier molecular flexibility index (Phi) is 4.54. The Labute approximate surface area is 112 Å². The van der Waals surface area contributed by atoms with Crippen LogP contribution in [0.15, 0.2) is 12.4 Å². The van der Waals surface area contributed by atoms with Crippen LogP contribution in [0.25, 0.3) is 0 Å². The van der Waals surface area contributed by atoms with E-state index < -0.39 is 5.97 Å². The predicted molar refractivity (Wildman–Crippen MR) is 70.4 cm³/mol. The summed E-state index contributed by atoms with van der Waals surface area (Å²) in [5.74, 6) is 0.431. The van der Waals surface area contributed by atoms with Gasteiger partial charge in [-0.1, -0.05) is 6.92 Å². The molecule has 6 nitrogen and oxygen atoms in total. The van der Waals surface area contributed by atoms with Gasteiger partial charge in [0.05, 0.1) is 25.4 Å². The van der Waals surface area contributed by atoms with Crippen molar-refractivity contribution in [3.63, 3.8) is 0 Å². The van der Waals surface area contributed by atoms with E-state index in [1.165, 1.54) is 0 Å². The van der Waals surface area contributed by atoms with Crippen LogP contribution in [0.2, 0.25) is 0 Å². The van der Waals surface area contributed by atoms with Gasteiger partial charge in [0.25, 0.3) is 0 Å². The fourth-order valence-corrected chi connectivity index (χ4v) is 2.30. The Morgan fingerprint density at radius 2 is 2.42 bits per heavy atom. The fraction of sp³-hybridized carbons (Fsp3) is 0.615. The van der Waals surface area contributed by atoms with E-state index in [0.29, 0.717) is 18.3 Å². The summed E-state index contributed by atoms with van der Waals surface area (Å²) >= 11 is 0. The molecule has 1 fully saturated rings. The number of carboxylic acids is 1. The molecule has 0 aliphatic carbocycles. The number of rotatable bonds is 6. The molecule has 1 aromatic heterocycles. The van der Waals surface area contributed by atoms with E-state index in [4.69, 9.17) is 9.84 Å². The lowest BCUT2D eigenvalue weighted by Gasteiger charge is -2.24. The molecule has 0 radical (unpaired) electrons. The number of hydrogen-bond acceptors (Lipinski definition) is 5. The zero-order chi connectivity index (χ0) is 13.7. The average molecular weight is 265 g/mol. The van der Waals surface area contributed by atoms with E-state index in [9.17, 15) is 4.79 Å². The van der Waals surface area contributed by atoms with E-state index in [1.807, 2.05) is 11.8 Å². The lowest BCUT2D eigenvalue weighted by atomic mass is 10.1. The van der Waals surface area contributed by atoms with Gasteiger partial charge < -0.3 is 14.7 Å². The third-order valence-corrected chi connectivity index (χ3v) is 3.14. The first-order valence-electron chi connectivity index (χ1n) is 6.64. The molecule has 1 saturated heterocycles. The van der Waals surface area contributed by atoms with Crippen molar-refractivity contribution in [3.05, 3.63) is 12.4 Å². The quantitative estimate of drug-likeness (QED) is 0.844. The van der Waals surface area contributed by atoms with Crippen LogP contribution in [0.1, 0.15) is 32.6 Å². The zero-order valence-electron chi connectivity index (χ0n) is 11.1. The Balaban J connectivity index is 2.09. The number of ether oxygens (including phenoxy) is 1. The van der Waals surface area contributed by atoms with Crippen LogP contribution in [0, 0.1) is 0 Å². The highest BCUT2D eigenvalue weighted by molar-refractivity contribution is 5.68. The van der Waals surface area contributed by atoms with Gasteiger partial charge in [0.2, 0.25) is 5.88 Å². The zero-order valence-corrected chi connectivity index (χ0v) is 11.1. The maximum Gasteiger partial charge on any atom is 0.305 e. The number of nitrogens with zero attached hydrogens (tertiary/aromatic N) is 3. The molecule has 1 aliphatic heterocycles. The molecule has 19 heavy (non-hydrogen) atoms. The van der Waals surface area contributed by atoms with Gasteiger partial charge in [-0.3, -0.25) is 9.78 Å². The van der Waals surface area contributed by atoms with Crippen molar-refractivity contribution in [2.75, 3.05) is 18.1 Å². The van der Waals surface area contributed by atoms with Gasteiger partial charge in [-0.25, -0.2) is 0 Å². The van der Waals surface area contributed by atoms with Crippen molar-refractivity contribution in [2.45, 2.75) is 38.6 Å². The second-order valence-corrected chi connectivity index (χ2v) is 4.65. The molecule has 1 N–H and O–H groups in total. The molecule has 1 aromatic rings. The lowest BCUT2D eigenvalue weighted by molar-refractivity contribution is -0.137. The van der Waals surface area contributed by atoms with Crippen molar-refractivity contribution in [3.8, 4) is 5.88 Å². The molecule has 2 rings (SSSR count). The molecule has 0 aromatic carbocycles. The van der Waals surface area contributed by atoms with Gasteiger partial charge >= 0.3 is 5.97 Å². The summed E-state index contributed by atoms with van der Waals surface area (Å²) in [4.78, 5) is 21.4. The number of anilines is 1. The molecule has 0 saturated carbocycles. The molecular formula is C13H19N3O3. The summed E-state index contributed by atoms with van der Waals surface area (Å²) in [6.07, 6.45) is 6.17. The monoisotopic (exact) mass is 265 g/mol. The van der Waals surface area contributed by atoms with Crippen LogP contribution in [-0.2, 0) is 4.79 Å². The number of carboxylic acid groups (broad SMARTS) is 1. The maximum absolute atomic E-state index is 10.9. The van der Waals surface area contributed by atoms with Crippen molar-refractivity contribution < 1.29 is 14.6 Å². The molecule has 2 heterocycles. The molecule has 0 amide bonds. The van der Waals surface area contributed by atoms with Gasteiger partial charge in [-0.05, 0) is 19.3 Å². The van der Waals surface area contributed by atoms with Crippen LogP contribution < -0.4 is 9.64 Å². The minimum Gasteiger partial charge on any atom is -0.481 e. The van der Waals surface area contributed by atoms with Crippen molar-refractivity contribution in [1.82, 2.24) is 9.97 Å². The lowest BCUT2D eigenvalue weighted by Crippen LogP contribution is -2.32. The Morgan fingerprint density at radius 3 is 3.16 bits per heavy atom. The maximum atomic E-state index is 10.9. The van der Waals surface area contributed by atoms with Crippen LogP contribution in [-0.4, -0.2) is 40.2 Å². The molecule has 104 valence electrons. The average Bonchev–Trinajstić information content (AvgIpc) is 2.84. The van der Waals surface area contributed by atoms with Gasteiger partial charge in [0.15, 0.2) is 5.82 Å². The summed E-state index contributed by atoms with van der Waals surface area (Å²) in [7, 11) is 0. The molecular weight excluding hydrogens is 246 g/mol. The second-order valence-electron chi connectivity index (χ2n) is 4.65. The SMILES string of the molecule is CCCOc1cncc(N2CCCC2CC(=O)O)n1. The Hall–Kier alpha value is -1.85. The Bertz CT molecular complexity index is 439. The van der Waals surface area contributed by atoms with Gasteiger partial charge in [0, 0.05) is 12.6 Å². The molecule has 0 bridgehead atoms. The van der Waals surface area contributed by atoms with Gasteiger partial charge in [-0.2, -0.15) is 4.98 Å². The van der Waals surface area contributed by atoms with Crippen molar-refractivity contribution >= 4 is 11.8 Å². The largest absolute Gasteiger partial charge is 0.481 e. The normalized spacial score (nSPS) is 18.6. The van der Waals surface area contributed by atoms with Gasteiger partial charge in [0.1, 0.15) is 0 Å². The summed E-state index contributed by atoms with van der Waals surface area (Å²) in [6.45, 7) is 3.46. The third-order valence-electron chi connectivity index (χ3n) is 3.14. The molecule has 0 spiro atoms. The number of aliphatic carboxylic acids is 1. The first kappa shape index (κ1) is 13.6. The summed E-state index contributed by atoms with van der Waals surface area (Å²) in [6, 6.07) is 0.00762. The second kappa shape index (κ2) is 6.36. The smallest absolute Gasteiger partial charge is 0.305 e. The highest BCUT2D eigenvalue weighted by atomic mass is 16.5. The van der Waals surface area contributed by atoms with E-state index in [-0.39, 0.29) is 12.5 Å². The van der Waals surface area contributed by atoms with Crippen molar-refractivity contribution in [2.24, 2.45) is 0 Å². The topological polar surface area (TPSA) is 75.5 Å². The first-order valence-corrected chi connectivity index (χ1v) is 6.64. The van der Waals surface area contributed by atoms with Crippen LogP contribution in [0.5, 0.6) is 5.88 Å². The summed E-state index contributed by atoms with van der Waals surface area (Å²) < 4.78 is 5.46. The van der Waals surface area contributed by atoms with Crippen LogP contribution in [0.4, 0.5) is 5.82 Å². The molecule has 1 unspecified atom stereocenters. The van der Waals surface area contributed by atoms with E-state index in [0.717, 1.165) is 25.8 Å². The Morgan fingerprint density at radius 1 is 1.58 bits per heavy atom. The standard InChI is InChI=1S/C13H19N3O3/c1-2-6-19-12-9-14-8-11(15-12)16-5-3-4-10(16)7-13(17)18/h8-10H,2-7H2,1H3,(H,17,18). The van der Waals surface area contributed by atoms with Crippen molar-refractivity contribution in [1.29, 1.82) is 0 Å². The van der Waals surface area contributed by atoms with E-state index >= 15 is 0 Å². The predicted octanol–water partition coefficient (Wildman–Crippen LogP) is 1.71. The first-order chi connectivity index (χ1) is 9.20. The van der Waals surface area contributed by atoms with E-state index in [1.54, 1.807) is 12.4 Å². The summed E-state index contributed by atoms with van der Waals surface area (Å²) in [5.41, 5.74) is 0. The molecule has 1 aliphatic rings. The van der Waals surface area contributed by atoms with E-state index in [2.05, 4.69) is 9.97 Å². The highest BCUT2D eigenvalue weighted by Crippen LogP contribution is 2.26. The molecule has 1 atom stereocenters. The number of aromatic nitrogens is 2. The highest BCUT2D eigenvalue weighted by Gasteiger charge is 2.28. The molecule has 6 heteroatoms. The minimum absolute atomic E-state index is 0.00762.